The van der Waals surface area contributed by atoms with Gasteiger partial charge < -0.3 is 60.6 Å². The first-order valence-electron chi connectivity index (χ1n) is 32.2. The van der Waals surface area contributed by atoms with Gasteiger partial charge in [-0.15, -0.1) is 11.8 Å². The summed E-state index contributed by atoms with van der Waals surface area (Å²) in [4.78, 5) is 138. The maximum Gasteiger partial charge on any atom is 0.343 e. The zero-order valence-electron chi connectivity index (χ0n) is 53.5. The highest BCUT2D eigenvalue weighted by molar-refractivity contribution is 8.00. The Kier molecular flexibility index (Phi) is 26.3. The lowest BCUT2D eigenvalue weighted by Crippen LogP contribution is -2.49. The third-order valence-corrected chi connectivity index (χ3v) is 19.9. The van der Waals surface area contributed by atoms with Gasteiger partial charge in [-0.2, -0.15) is 0 Å². The lowest BCUT2D eigenvalue weighted by atomic mass is 9.80. The summed E-state index contributed by atoms with van der Waals surface area (Å²) in [5.74, 6) is -5.75. The highest BCUT2D eigenvalue weighted by atomic mass is 32.2. The second-order valence-electron chi connectivity index (χ2n) is 25.6. The van der Waals surface area contributed by atoms with Gasteiger partial charge in [0.2, 0.25) is 29.5 Å². The number of aliphatic hydroxyl groups is 6. The second-order valence-corrected chi connectivity index (χ2v) is 26.9. The van der Waals surface area contributed by atoms with Crippen LogP contribution in [0.3, 0.4) is 0 Å². The molecule has 92 heavy (non-hydrogen) atoms. The Morgan fingerprint density at radius 3 is 2.29 bits per heavy atom. The number of nitrogens with zero attached hydrogens (tertiary/aromatic N) is 3. The SMILES string of the molecule is CC[C@@]1(O)C(=O)OCc2c1cc1n(c2=O)Cc2cc3c(CCCCOCNC(=O)[C@H](C)CC(=O)[C@@H](NC(=O)[C@H](CCC(=O)NC[C@H](O)[C@@H](O)[C@H](O)[C@H](O)CO)CC(=O)CCCCCSC4CC(=O)N(CC5CCC(C(C)=O)CC5)C4=O)C(C)C)c(C)c(F)cc3nc2-1. The number of hydrogen-bond donors (Lipinski definition) is 9. The largest absolute Gasteiger partial charge is 0.458 e. The molecule has 2 fully saturated rings. The summed E-state index contributed by atoms with van der Waals surface area (Å²) in [5.41, 5.74) is 1.12. The van der Waals surface area contributed by atoms with Gasteiger partial charge in [0.25, 0.3) is 5.56 Å². The number of pyridine rings is 2. The predicted octanol–water partition coefficient (Wildman–Crippen LogP) is 3.40. The maximum absolute atomic E-state index is 15.5. The van der Waals surface area contributed by atoms with Gasteiger partial charge >= 0.3 is 5.97 Å². The van der Waals surface area contributed by atoms with Crippen LogP contribution in [-0.2, 0) is 77.8 Å². The number of carbonyl (C=O) groups excluding carboxylic acids is 9. The molecule has 9 atom stereocenters. The molecule has 9 N–H and O–H groups in total. The van der Waals surface area contributed by atoms with Gasteiger partial charge in [-0.25, -0.2) is 14.2 Å². The van der Waals surface area contributed by atoms with E-state index in [4.69, 9.17) is 19.6 Å². The summed E-state index contributed by atoms with van der Waals surface area (Å²) in [6.07, 6.45) is -1.88. The van der Waals surface area contributed by atoms with Crippen LogP contribution in [0.2, 0.25) is 0 Å². The minimum absolute atomic E-state index is 0.00788. The number of benzene rings is 1. The number of ketones is 3. The summed E-state index contributed by atoms with van der Waals surface area (Å²) in [7, 11) is 0. The van der Waals surface area contributed by atoms with E-state index >= 15 is 4.39 Å². The van der Waals surface area contributed by atoms with E-state index in [1.807, 2.05) is 6.07 Å². The molecule has 1 saturated carbocycles. The van der Waals surface area contributed by atoms with Crippen molar-refractivity contribution in [1.29, 1.82) is 0 Å². The number of carbonyl (C=O) groups is 9. The van der Waals surface area contributed by atoms with E-state index in [9.17, 15) is 73.5 Å². The molecule has 7 rings (SSSR count). The van der Waals surface area contributed by atoms with E-state index in [2.05, 4.69) is 16.0 Å². The third-order valence-electron chi connectivity index (χ3n) is 18.6. The van der Waals surface area contributed by atoms with Gasteiger partial charge in [0.05, 0.1) is 53.0 Å². The zero-order chi connectivity index (χ0) is 67.3. The Bertz CT molecular complexity index is 3280. The minimum atomic E-state index is -1.99. The van der Waals surface area contributed by atoms with Crippen LogP contribution < -0.4 is 21.5 Å². The Labute approximate surface area is 538 Å². The number of nitrogens with one attached hydrogen (secondary N) is 3. The van der Waals surface area contributed by atoms with Gasteiger partial charge in [0.15, 0.2) is 11.4 Å². The van der Waals surface area contributed by atoms with Crippen LogP contribution >= 0.6 is 11.8 Å². The number of cyclic esters (lactones) is 1. The number of aryl methyl sites for hydroxylation is 1. The fourth-order valence-corrected chi connectivity index (χ4v) is 13.9. The molecule has 2 aromatic heterocycles. The van der Waals surface area contributed by atoms with Crippen LogP contribution in [0.15, 0.2) is 23.0 Å². The summed E-state index contributed by atoms with van der Waals surface area (Å²) >= 11 is 1.41. The maximum atomic E-state index is 15.5. The number of amides is 5. The van der Waals surface area contributed by atoms with Gasteiger partial charge in [-0.05, 0) is 125 Å². The molecule has 26 heteroatoms. The molecular weight excluding hydrogens is 1220 g/mol. The van der Waals surface area contributed by atoms with Crippen LogP contribution in [0.25, 0.3) is 22.3 Å². The van der Waals surface area contributed by atoms with E-state index in [1.165, 1.54) is 27.3 Å². The molecule has 506 valence electrons. The molecule has 1 aliphatic carbocycles. The highest BCUT2D eigenvalue weighted by Crippen LogP contribution is 2.40. The topological polar surface area (TPSA) is 368 Å². The van der Waals surface area contributed by atoms with E-state index < -0.39 is 113 Å². The van der Waals surface area contributed by atoms with Crippen molar-refractivity contribution in [3.63, 3.8) is 0 Å². The lowest BCUT2D eigenvalue weighted by molar-refractivity contribution is -0.172. The van der Waals surface area contributed by atoms with Crippen LogP contribution in [0.5, 0.6) is 0 Å². The highest BCUT2D eigenvalue weighted by Gasteiger charge is 2.46. The summed E-state index contributed by atoms with van der Waals surface area (Å²) in [5, 5.41) is 68.6. The van der Waals surface area contributed by atoms with Crippen molar-refractivity contribution in [2.75, 3.05) is 38.8 Å². The molecule has 0 bridgehead atoms. The number of fused-ring (bicyclic) bond motifs is 5. The fourth-order valence-electron chi connectivity index (χ4n) is 12.7. The van der Waals surface area contributed by atoms with Gasteiger partial charge in [0.1, 0.15) is 49.0 Å². The first kappa shape index (κ1) is 73.0. The number of aromatic nitrogens is 2. The molecular formula is C66H91FN6O18S. The van der Waals surface area contributed by atoms with Gasteiger partial charge in [-0.3, -0.25) is 48.1 Å². The number of halogens is 1. The average molecular weight is 1310 g/mol. The number of likely N-dealkylation sites (tertiary alicyclic amines) is 1. The van der Waals surface area contributed by atoms with Crippen molar-refractivity contribution in [2.45, 2.75) is 205 Å². The number of unbranched alkanes of at least 4 members (excludes halogenated alkanes) is 3. The molecule has 24 nitrogen and oxygen atoms in total. The van der Waals surface area contributed by atoms with Crippen molar-refractivity contribution in [3.05, 3.63) is 62.2 Å². The zero-order valence-corrected chi connectivity index (χ0v) is 54.3. The standard InChI is InChI=1S/C66H91FN6O18S/c1-7-66(89)47-26-50-58-42(31-72(50)63(86)46(47)33-91-65(66)88)25-45-44(37(5)48(67)27-49(45)70-58)14-10-11-21-90-34-69-61(84)36(4)23-51(77)57(35(2)3)71-62(85)41(19-20-55(80)68-29-52(78)59(82)60(83)53(79)32-74)24-43(76)13-9-8-12-22-92-54-28-56(81)73(64(54)87)30-39-15-17-40(18-16-39)38(6)75/h25-27,35-36,39-41,52-54,57,59-60,74,78-79,82-83,89H,7-24,28-34H2,1-6H3,(H,68,80)(H,69,84)(H,71,85)/t36-,39?,40?,41-,52+,53-,54?,57+,59-,60-,66+/m1/s1. The molecule has 5 amide bonds. The van der Waals surface area contributed by atoms with Crippen LogP contribution in [0.4, 0.5) is 4.39 Å². The summed E-state index contributed by atoms with van der Waals surface area (Å²) < 4.78 is 27.9. The van der Waals surface area contributed by atoms with E-state index in [-0.39, 0.29) is 118 Å². The van der Waals surface area contributed by atoms with Crippen LogP contribution in [-0.4, -0.2) is 172 Å². The molecule has 3 aliphatic heterocycles. The number of ether oxygens (including phenoxy) is 2. The number of imide groups is 1. The van der Waals surface area contributed by atoms with Crippen molar-refractivity contribution in [2.24, 2.45) is 29.6 Å². The van der Waals surface area contributed by atoms with Gasteiger partial charge in [0, 0.05) is 92.1 Å². The fraction of sp³-hybridized carbons (Fsp3) is 0.652. The molecule has 3 aromatic rings. The average Bonchev–Trinajstić information content (AvgIpc) is 1.49. The monoisotopic (exact) mass is 1310 g/mol. The van der Waals surface area contributed by atoms with Crippen LogP contribution in [0, 0.1) is 42.3 Å². The molecule has 1 unspecified atom stereocenters. The van der Waals surface area contributed by atoms with Gasteiger partial charge in [-0.1, -0.05) is 34.1 Å². The summed E-state index contributed by atoms with van der Waals surface area (Å²) in [6.45, 7) is 8.72. The number of rotatable bonds is 36. The first-order valence-corrected chi connectivity index (χ1v) is 33.3. The molecule has 5 heterocycles. The molecule has 1 saturated heterocycles. The number of aliphatic hydroxyl groups excluding tert-OH is 5. The van der Waals surface area contributed by atoms with Crippen molar-refractivity contribution in [3.8, 4) is 11.4 Å². The Hall–Kier alpha value is -6.39. The number of Topliss-reactive ketones (excluding diaryl/α,β-unsaturated/α-hetero) is 3. The minimum Gasteiger partial charge on any atom is -0.458 e. The van der Waals surface area contributed by atoms with E-state index in [0.29, 0.717) is 78.7 Å². The van der Waals surface area contributed by atoms with E-state index in [1.54, 1.807) is 47.6 Å². The third kappa shape index (κ3) is 17.9. The molecule has 0 radical (unpaired) electrons. The smallest absolute Gasteiger partial charge is 0.343 e. The lowest BCUT2D eigenvalue weighted by Gasteiger charge is -2.31. The number of esters is 1. The second kappa shape index (κ2) is 33.1. The molecule has 0 spiro atoms. The molecule has 1 aromatic carbocycles. The number of hydrogen-bond acceptors (Lipinski definition) is 20. The van der Waals surface area contributed by atoms with Crippen LogP contribution in [0.1, 0.15) is 165 Å². The Morgan fingerprint density at radius 1 is 0.891 bits per heavy atom. The normalized spacial score (nSPS) is 21.0. The van der Waals surface area contributed by atoms with Crippen molar-refractivity contribution in [1.82, 2.24) is 30.4 Å². The number of thioether (sulfide) groups is 1. The predicted molar refractivity (Wildman–Crippen MR) is 335 cm³/mol. The summed E-state index contributed by atoms with van der Waals surface area (Å²) in [6, 6.07) is 3.76. The molecule has 4 aliphatic rings. The Morgan fingerprint density at radius 2 is 1.61 bits per heavy atom. The first-order chi connectivity index (χ1) is 43.7. The van der Waals surface area contributed by atoms with Crippen molar-refractivity contribution >= 4 is 75.5 Å². The quantitative estimate of drug-likeness (QED) is 0.0136. The van der Waals surface area contributed by atoms with Crippen molar-refractivity contribution < 1.29 is 87.7 Å². The Balaban J connectivity index is 0.866. The van der Waals surface area contributed by atoms with E-state index in [0.717, 1.165) is 36.8 Å².